The van der Waals surface area contributed by atoms with Gasteiger partial charge in [0.05, 0.1) is 53.6 Å². The number of hydrogen-bond acceptors (Lipinski definition) is 11. The molecule has 6 aromatic heterocycles. The van der Waals surface area contributed by atoms with Crippen LogP contribution in [0.3, 0.4) is 0 Å². The molecule has 2 saturated heterocycles. The number of rotatable bonds is 11. The number of nitrogens with one attached hydrogen (secondary N) is 3. The number of piperidine rings is 2. The number of halogens is 2. The lowest BCUT2D eigenvalue weighted by Gasteiger charge is -2.32. The molecular weight excluding hydrogens is 927 g/mol. The smallest absolute Gasteiger partial charge is 0.156 e. The van der Waals surface area contributed by atoms with Crippen LogP contribution in [0.4, 0.5) is 8.78 Å². The van der Waals surface area contributed by atoms with Crippen LogP contribution in [0.2, 0.25) is 0 Å². The van der Waals surface area contributed by atoms with Crippen LogP contribution in [-0.2, 0) is 6.54 Å². The van der Waals surface area contributed by atoms with E-state index in [0.29, 0.717) is 36.0 Å². The SMILES string of the molecule is COc1cccc(F)c1C=O.COc1cccc(F)c1CN1CCCC(c2ccn(-c3ccc4[nH]nc(-c5ccncc5)c4c3)n2)C1.c1cc(-c2n[nH]c3ccc(-n4ccc(C5CCCNC5)n4)cc23)ccn1. The van der Waals surface area contributed by atoms with Crippen LogP contribution in [0.25, 0.3) is 55.7 Å². The molecule has 15 nitrogen and oxygen atoms in total. The summed E-state index contributed by atoms with van der Waals surface area (Å²) < 4.78 is 41.3. The predicted octanol–water partition coefficient (Wildman–Crippen LogP) is 10.3. The number of likely N-dealkylation sites (tertiary alicyclic amines) is 1. The number of pyridine rings is 2. The predicted molar refractivity (Wildman–Crippen MR) is 276 cm³/mol. The van der Waals surface area contributed by atoms with Crippen molar-refractivity contribution in [2.75, 3.05) is 40.4 Å². The molecule has 4 aromatic carbocycles. The number of nitrogens with zero attached hydrogens (tertiary/aromatic N) is 9. The molecule has 0 amide bonds. The van der Waals surface area contributed by atoms with E-state index in [0.717, 1.165) is 100 Å². The Labute approximate surface area is 420 Å². The number of carbonyl (C=O) groups is 1. The summed E-state index contributed by atoms with van der Waals surface area (Å²) >= 11 is 0. The Balaban J connectivity index is 0.000000143. The summed E-state index contributed by atoms with van der Waals surface area (Å²) in [7, 11) is 2.98. The third kappa shape index (κ3) is 10.8. The first kappa shape index (κ1) is 48.2. The molecule has 8 heterocycles. The third-order valence-electron chi connectivity index (χ3n) is 13.4. The highest BCUT2D eigenvalue weighted by Gasteiger charge is 2.26. The van der Waals surface area contributed by atoms with Crippen molar-refractivity contribution in [3.05, 3.63) is 181 Å². The van der Waals surface area contributed by atoms with E-state index in [1.807, 2.05) is 58.0 Å². The zero-order valence-corrected chi connectivity index (χ0v) is 40.5. The molecule has 73 heavy (non-hydrogen) atoms. The van der Waals surface area contributed by atoms with Crippen molar-refractivity contribution in [1.29, 1.82) is 0 Å². The van der Waals surface area contributed by atoms with E-state index >= 15 is 0 Å². The summed E-state index contributed by atoms with van der Waals surface area (Å²) in [5, 5.41) is 30.6. The van der Waals surface area contributed by atoms with Crippen molar-refractivity contribution in [1.82, 2.24) is 60.1 Å². The first-order valence-electron chi connectivity index (χ1n) is 24.3. The van der Waals surface area contributed by atoms with E-state index in [1.54, 1.807) is 38.0 Å². The quantitative estimate of drug-likeness (QED) is 0.105. The van der Waals surface area contributed by atoms with Gasteiger partial charge in [0.2, 0.25) is 0 Å². The zero-order valence-electron chi connectivity index (χ0n) is 40.5. The van der Waals surface area contributed by atoms with Crippen LogP contribution in [0.1, 0.15) is 64.8 Å². The van der Waals surface area contributed by atoms with Gasteiger partial charge < -0.3 is 14.8 Å². The van der Waals surface area contributed by atoms with Gasteiger partial charge in [-0.2, -0.15) is 20.4 Å². The second-order valence-electron chi connectivity index (χ2n) is 18.0. The summed E-state index contributed by atoms with van der Waals surface area (Å²) in [5.74, 6) is 0.890. The van der Waals surface area contributed by atoms with Crippen LogP contribution in [0.5, 0.6) is 11.5 Å². The van der Waals surface area contributed by atoms with Crippen molar-refractivity contribution in [3.8, 4) is 45.4 Å². The van der Waals surface area contributed by atoms with Crippen LogP contribution in [0, 0.1) is 11.6 Å². The highest BCUT2D eigenvalue weighted by atomic mass is 19.1. The molecule has 17 heteroatoms. The first-order chi connectivity index (χ1) is 35.9. The minimum Gasteiger partial charge on any atom is -0.496 e. The van der Waals surface area contributed by atoms with Crippen molar-refractivity contribution in [2.24, 2.45) is 0 Å². The number of methoxy groups -OCH3 is 2. The van der Waals surface area contributed by atoms with E-state index in [9.17, 15) is 13.6 Å². The Hall–Kier alpha value is -8.41. The Morgan fingerprint density at radius 1 is 0.658 bits per heavy atom. The maximum Gasteiger partial charge on any atom is 0.156 e. The van der Waals surface area contributed by atoms with Crippen LogP contribution in [-0.4, -0.2) is 102 Å². The first-order valence-corrected chi connectivity index (χ1v) is 24.3. The van der Waals surface area contributed by atoms with Gasteiger partial charge in [0.25, 0.3) is 0 Å². The van der Waals surface area contributed by atoms with Crippen molar-refractivity contribution in [2.45, 2.75) is 44.1 Å². The molecule has 2 unspecified atom stereocenters. The Morgan fingerprint density at radius 2 is 1.22 bits per heavy atom. The van der Waals surface area contributed by atoms with Crippen LogP contribution < -0.4 is 14.8 Å². The highest BCUT2D eigenvalue weighted by molar-refractivity contribution is 5.95. The summed E-state index contributed by atoms with van der Waals surface area (Å²) in [6.45, 7) is 4.43. The number of aldehydes is 1. The fraction of sp³-hybridized carbons (Fsp3) is 0.232. The molecule has 2 aliphatic rings. The van der Waals surface area contributed by atoms with Gasteiger partial charge in [0.15, 0.2) is 6.29 Å². The maximum atomic E-state index is 14.5. The molecule has 12 rings (SSSR count). The van der Waals surface area contributed by atoms with Crippen LogP contribution >= 0.6 is 0 Å². The summed E-state index contributed by atoms with van der Waals surface area (Å²) in [4.78, 5) is 20.8. The molecule has 0 saturated carbocycles. The van der Waals surface area contributed by atoms with Crippen LogP contribution in [0.15, 0.2) is 146 Å². The lowest BCUT2D eigenvalue weighted by atomic mass is 9.94. The minimum absolute atomic E-state index is 0.0324. The van der Waals surface area contributed by atoms with Gasteiger partial charge in [-0.15, -0.1) is 0 Å². The number of aromatic nitrogens is 10. The molecule has 370 valence electrons. The molecule has 0 spiro atoms. The fourth-order valence-electron chi connectivity index (χ4n) is 9.61. The second-order valence-corrected chi connectivity index (χ2v) is 18.0. The Morgan fingerprint density at radius 3 is 1.77 bits per heavy atom. The molecule has 0 aliphatic carbocycles. The summed E-state index contributed by atoms with van der Waals surface area (Å²) in [6.07, 6.45) is 16.2. The topological polar surface area (TPSA) is 170 Å². The lowest BCUT2D eigenvalue weighted by Crippen LogP contribution is -2.34. The molecule has 0 radical (unpaired) electrons. The average Bonchev–Trinajstić information content (AvgIpc) is 4.30. The number of carbonyl (C=O) groups excluding carboxylic acids is 1. The molecule has 2 atom stereocenters. The number of benzene rings is 4. The normalized spacial score (nSPS) is 15.8. The lowest BCUT2D eigenvalue weighted by molar-refractivity contribution is 0.111. The van der Waals surface area contributed by atoms with Crippen molar-refractivity contribution in [3.63, 3.8) is 0 Å². The third-order valence-corrected chi connectivity index (χ3v) is 13.4. The average molecular weight is 981 g/mol. The van der Waals surface area contributed by atoms with Gasteiger partial charge >= 0.3 is 0 Å². The van der Waals surface area contributed by atoms with E-state index in [-0.39, 0.29) is 17.1 Å². The van der Waals surface area contributed by atoms with Gasteiger partial charge in [-0.1, -0.05) is 12.1 Å². The highest BCUT2D eigenvalue weighted by Crippen LogP contribution is 2.33. The van der Waals surface area contributed by atoms with Crippen molar-refractivity contribution >= 4 is 28.1 Å². The monoisotopic (exact) mass is 980 g/mol. The molecule has 0 bridgehead atoms. The number of H-pyrrole nitrogens is 2. The number of ether oxygens (including phenoxy) is 2. The van der Waals surface area contributed by atoms with E-state index in [4.69, 9.17) is 19.7 Å². The van der Waals surface area contributed by atoms with E-state index in [2.05, 4.69) is 83.2 Å². The fourth-order valence-corrected chi connectivity index (χ4v) is 9.61. The molecule has 10 aromatic rings. The van der Waals surface area contributed by atoms with Gasteiger partial charge in [-0.25, -0.2) is 18.1 Å². The van der Waals surface area contributed by atoms with Gasteiger partial charge in [0, 0.05) is 96.1 Å². The van der Waals surface area contributed by atoms with E-state index in [1.165, 1.54) is 49.9 Å². The molecule has 2 fully saturated rings. The van der Waals surface area contributed by atoms with Gasteiger partial charge in [0.1, 0.15) is 34.5 Å². The maximum absolute atomic E-state index is 14.5. The van der Waals surface area contributed by atoms with Gasteiger partial charge in [-0.05, 0) is 136 Å². The summed E-state index contributed by atoms with van der Waals surface area (Å²) in [5.41, 5.74) is 10.7. The Bertz CT molecular complexity index is 3440. The second kappa shape index (κ2) is 22.3. The van der Waals surface area contributed by atoms with Gasteiger partial charge in [-0.3, -0.25) is 29.9 Å². The number of fused-ring (bicyclic) bond motifs is 2. The largest absolute Gasteiger partial charge is 0.496 e. The zero-order chi connectivity index (χ0) is 50.1. The molecule has 2 aliphatic heterocycles. The number of hydrogen-bond donors (Lipinski definition) is 3. The summed E-state index contributed by atoms with van der Waals surface area (Å²) in [6, 6.07) is 33.8. The van der Waals surface area contributed by atoms with E-state index < -0.39 is 5.82 Å². The minimum atomic E-state index is -0.556. The number of aromatic amines is 2. The van der Waals surface area contributed by atoms with Crippen molar-refractivity contribution < 1.29 is 23.0 Å². The molecule has 3 N–H and O–H groups in total. The Kier molecular flexibility index (Phi) is 14.8. The standard InChI is InChI=1S/C28H27FN6O.C20H20N6.C8H7FO2/c1-36-27-6-2-5-24(29)23(27)18-34-14-3-4-20(17-34)25-11-15-35(33-25)21-7-8-26-22(16-21)28(32-31-26)19-9-12-30-13-10-19;1-2-15(13-22-8-1)18-7-11-26(25-18)16-3-4-19-17(12-16)20(24-23-19)14-5-9-21-10-6-14;1-11-8-4-2-3-7(9)6(8)5-10/h2,5-13,15-16,20H,3-4,14,17-18H2,1H3,(H,31,32);3-7,9-12,15,22H,1-2,8,13H2,(H,23,24);2-5H,1H3. The molecular formula is C56H54F2N12O3.